The number of rotatable bonds is 4. The Morgan fingerprint density at radius 2 is 2.00 bits per heavy atom. The number of methoxy groups -OCH3 is 1. The fraction of sp³-hybridized carbons (Fsp3) is 0.562. The third-order valence-electron chi connectivity index (χ3n) is 4.06. The smallest absolute Gasteiger partial charge is 0.412 e. The number of alkyl halides is 3. The van der Waals surface area contributed by atoms with Gasteiger partial charge in [0.25, 0.3) is 0 Å². The summed E-state index contributed by atoms with van der Waals surface area (Å²) >= 11 is 0. The molecule has 1 aromatic carbocycles. The molecule has 1 aromatic rings. The van der Waals surface area contributed by atoms with Crippen molar-refractivity contribution in [2.45, 2.75) is 25.1 Å². The number of hydrogen-bond acceptors (Lipinski definition) is 3. The van der Waals surface area contributed by atoms with E-state index in [0.29, 0.717) is 18.7 Å². The van der Waals surface area contributed by atoms with E-state index in [4.69, 9.17) is 4.74 Å². The molecule has 1 fully saturated rings. The first-order valence-electron chi connectivity index (χ1n) is 7.51. The SMILES string of the molecule is COc1ccc([C@@H](NC(=O)[C@H]2CCCN(C)C2)C(F)(F)F)cc1. The first-order valence-corrected chi connectivity index (χ1v) is 7.51. The predicted molar refractivity (Wildman–Crippen MR) is 80.2 cm³/mol. The maximum atomic E-state index is 13.3. The van der Waals surface area contributed by atoms with Crippen LogP contribution in [0.25, 0.3) is 0 Å². The van der Waals surface area contributed by atoms with Gasteiger partial charge in [-0.15, -0.1) is 0 Å². The van der Waals surface area contributed by atoms with Crippen molar-refractivity contribution in [1.82, 2.24) is 10.2 Å². The van der Waals surface area contributed by atoms with Gasteiger partial charge in [-0.3, -0.25) is 4.79 Å². The summed E-state index contributed by atoms with van der Waals surface area (Å²) in [5.41, 5.74) is -0.00388. The van der Waals surface area contributed by atoms with E-state index < -0.39 is 24.0 Å². The molecule has 2 rings (SSSR count). The Balaban J connectivity index is 2.13. The van der Waals surface area contributed by atoms with Crippen molar-refractivity contribution in [2.75, 3.05) is 27.2 Å². The topological polar surface area (TPSA) is 41.6 Å². The molecule has 0 unspecified atom stereocenters. The lowest BCUT2D eigenvalue weighted by Gasteiger charge is -2.30. The second-order valence-electron chi connectivity index (χ2n) is 5.86. The minimum Gasteiger partial charge on any atom is -0.497 e. The molecular weight excluding hydrogens is 309 g/mol. The number of nitrogens with zero attached hydrogens (tertiary/aromatic N) is 1. The van der Waals surface area contributed by atoms with E-state index in [9.17, 15) is 18.0 Å². The molecule has 0 aromatic heterocycles. The molecule has 1 N–H and O–H groups in total. The first-order chi connectivity index (χ1) is 10.8. The Morgan fingerprint density at radius 1 is 1.35 bits per heavy atom. The lowest BCUT2D eigenvalue weighted by Crippen LogP contribution is -2.45. The van der Waals surface area contributed by atoms with Crippen molar-refractivity contribution in [3.05, 3.63) is 29.8 Å². The number of ether oxygens (including phenoxy) is 1. The zero-order chi connectivity index (χ0) is 17.0. The van der Waals surface area contributed by atoms with E-state index >= 15 is 0 Å². The summed E-state index contributed by atoms with van der Waals surface area (Å²) in [6.45, 7) is 1.35. The van der Waals surface area contributed by atoms with Crippen LogP contribution >= 0.6 is 0 Å². The van der Waals surface area contributed by atoms with Gasteiger partial charge in [0.15, 0.2) is 6.04 Å². The molecule has 23 heavy (non-hydrogen) atoms. The highest BCUT2D eigenvalue weighted by atomic mass is 19.4. The third-order valence-corrected chi connectivity index (χ3v) is 4.06. The standard InChI is InChI=1S/C16H21F3N2O2/c1-21-9-3-4-12(10-21)15(22)20-14(16(17,18)19)11-5-7-13(23-2)8-6-11/h5-8,12,14H,3-4,9-10H2,1-2H3,(H,20,22)/t12-,14+/m0/s1. The average molecular weight is 330 g/mol. The van der Waals surface area contributed by atoms with Crippen LogP contribution in [0.5, 0.6) is 5.75 Å². The lowest BCUT2D eigenvalue weighted by molar-refractivity contribution is -0.165. The van der Waals surface area contributed by atoms with Gasteiger partial charge in [0.2, 0.25) is 5.91 Å². The van der Waals surface area contributed by atoms with Gasteiger partial charge < -0.3 is 15.0 Å². The Hall–Kier alpha value is -1.76. The molecule has 1 aliphatic heterocycles. The molecule has 0 spiro atoms. The van der Waals surface area contributed by atoms with Gasteiger partial charge >= 0.3 is 6.18 Å². The zero-order valence-corrected chi connectivity index (χ0v) is 13.2. The summed E-state index contributed by atoms with van der Waals surface area (Å²) in [7, 11) is 3.31. The van der Waals surface area contributed by atoms with Crippen molar-refractivity contribution in [2.24, 2.45) is 5.92 Å². The molecule has 0 radical (unpaired) electrons. The number of carbonyl (C=O) groups excluding carboxylic acids is 1. The fourth-order valence-electron chi connectivity index (χ4n) is 2.79. The van der Waals surface area contributed by atoms with Crippen LogP contribution in [-0.4, -0.2) is 44.2 Å². The van der Waals surface area contributed by atoms with Crippen molar-refractivity contribution >= 4 is 5.91 Å². The number of hydrogen-bond donors (Lipinski definition) is 1. The van der Waals surface area contributed by atoms with E-state index in [1.807, 2.05) is 11.9 Å². The van der Waals surface area contributed by atoms with Crippen LogP contribution in [0, 0.1) is 5.92 Å². The number of piperidine rings is 1. The van der Waals surface area contributed by atoms with E-state index in [1.54, 1.807) is 0 Å². The molecule has 128 valence electrons. The van der Waals surface area contributed by atoms with Crippen molar-refractivity contribution in [3.63, 3.8) is 0 Å². The monoisotopic (exact) mass is 330 g/mol. The fourth-order valence-corrected chi connectivity index (χ4v) is 2.79. The van der Waals surface area contributed by atoms with Gasteiger partial charge in [-0.2, -0.15) is 13.2 Å². The maximum Gasteiger partial charge on any atom is 0.412 e. The predicted octanol–water partition coefficient (Wildman–Crippen LogP) is 2.76. The zero-order valence-electron chi connectivity index (χ0n) is 13.2. The minimum absolute atomic E-state index is 0.00388. The summed E-state index contributed by atoms with van der Waals surface area (Å²) < 4.78 is 45.0. The van der Waals surface area contributed by atoms with E-state index in [0.717, 1.165) is 13.0 Å². The molecule has 1 saturated heterocycles. The maximum absolute atomic E-state index is 13.3. The summed E-state index contributed by atoms with van der Waals surface area (Å²) in [6, 6.07) is 3.55. The molecule has 4 nitrogen and oxygen atoms in total. The third kappa shape index (κ3) is 4.60. The molecule has 1 heterocycles. The Kier molecular flexibility index (Phi) is 5.51. The summed E-state index contributed by atoms with van der Waals surface area (Å²) in [5, 5.41) is 2.17. The van der Waals surface area contributed by atoms with Gasteiger partial charge in [0, 0.05) is 6.54 Å². The quantitative estimate of drug-likeness (QED) is 0.923. The molecule has 2 atom stereocenters. The van der Waals surface area contributed by atoms with E-state index in [2.05, 4.69) is 5.32 Å². The second-order valence-corrected chi connectivity index (χ2v) is 5.86. The normalized spacial score (nSPS) is 20.8. The molecular formula is C16H21F3N2O2. The van der Waals surface area contributed by atoms with Crippen LogP contribution < -0.4 is 10.1 Å². The van der Waals surface area contributed by atoms with E-state index in [1.165, 1.54) is 31.4 Å². The van der Waals surface area contributed by atoms with Gasteiger partial charge in [-0.05, 0) is 44.1 Å². The van der Waals surface area contributed by atoms with Crippen LogP contribution in [0.3, 0.4) is 0 Å². The number of likely N-dealkylation sites (tertiary alicyclic amines) is 1. The average Bonchev–Trinajstić information content (AvgIpc) is 2.51. The van der Waals surface area contributed by atoms with Gasteiger partial charge in [-0.1, -0.05) is 12.1 Å². The Labute approximate surface area is 133 Å². The van der Waals surface area contributed by atoms with Crippen LogP contribution in [0.1, 0.15) is 24.4 Å². The van der Waals surface area contributed by atoms with Crippen LogP contribution in [0.15, 0.2) is 24.3 Å². The van der Waals surface area contributed by atoms with Crippen molar-refractivity contribution < 1.29 is 22.7 Å². The van der Waals surface area contributed by atoms with Crippen LogP contribution in [-0.2, 0) is 4.79 Å². The van der Waals surface area contributed by atoms with Crippen molar-refractivity contribution in [3.8, 4) is 5.75 Å². The number of carbonyl (C=O) groups is 1. The molecule has 7 heteroatoms. The largest absolute Gasteiger partial charge is 0.497 e. The highest BCUT2D eigenvalue weighted by Crippen LogP contribution is 2.34. The van der Waals surface area contributed by atoms with Gasteiger partial charge in [0.05, 0.1) is 13.0 Å². The highest BCUT2D eigenvalue weighted by Gasteiger charge is 2.42. The van der Waals surface area contributed by atoms with Gasteiger partial charge in [0.1, 0.15) is 5.75 Å². The number of amides is 1. The molecule has 0 saturated carbocycles. The Bertz CT molecular complexity index is 531. The summed E-state index contributed by atoms with van der Waals surface area (Å²) in [6.07, 6.45) is -3.12. The summed E-state index contributed by atoms with van der Waals surface area (Å²) in [4.78, 5) is 14.2. The molecule has 0 aliphatic carbocycles. The number of benzene rings is 1. The van der Waals surface area contributed by atoms with Crippen LogP contribution in [0.2, 0.25) is 0 Å². The van der Waals surface area contributed by atoms with Gasteiger partial charge in [-0.25, -0.2) is 0 Å². The minimum atomic E-state index is -4.55. The van der Waals surface area contributed by atoms with E-state index in [-0.39, 0.29) is 5.56 Å². The highest BCUT2D eigenvalue weighted by molar-refractivity contribution is 5.79. The second kappa shape index (κ2) is 7.21. The number of nitrogens with one attached hydrogen (secondary N) is 1. The number of halogens is 3. The van der Waals surface area contributed by atoms with Crippen LogP contribution in [0.4, 0.5) is 13.2 Å². The first kappa shape index (κ1) is 17.6. The Morgan fingerprint density at radius 3 is 2.52 bits per heavy atom. The lowest BCUT2D eigenvalue weighted by atomic mass is 9.96. The van der Waals surface area contributed by atoms with Crippen molar-refractivity contribution in [1.29, 1.82) is 0 Å². The molecule has 0 bridgehead atoms. The molecule has 1 aliphatic rings. The molecule has 1 amide bonds. The summed E-state index contributed by atoms with van der Waals surface area (Å²) in [5.74, 6) is -0.485.